The quantitative estimate of drug-likeness (QED) is 0.466. The number of hydrogen-bond donors (Lipinski definition) is 0. The Morgan fingerprint density at radius 1 is 1.00 bits per heavy atom. The predicted molar refractivity (Wildman–Crippen MR) is 68.4 cm³/mol. The standard InChI is InChI=1S/C14H10FNO2/c15-14-4-2-1-3-12(14)8-5-11-6-9-13(10-7-11)16(17)18/h1-10H/b8-5-. The minimum atomic E-state index is -0.454. The molecule has 0 saturated carbocycles. The van der Waals surface area contributed by atoms with Crippen molar-refractivity contribution in [3.63, 3.8) is 0 Å². The largest absolute Gasteiger partial charge is 0.269 e. The Balaban J connectivity index is 2.19. The highest BCUT2D eigenvalue weighted by atomic mass is 19.1. The third-order valence-corrected chi connectivity index (χ3v) is 2.46. The highest BCUT2D eigenvalue weighted by Crippen LogP contribution is 2.15. The van der Waals surface area contributed by atoms with E-state index >= 15 is 0 Å². The summed E-state index contributed by atoms with van der Waals surface area (Å²) < 4.78 is 13.3. The van der Waals surface area contributed by atoms with Gasteiger partial charge in [-0.15, -0.1) is 0 Å². The van der Waals surface area contributed by atoms with Crippen molar-refractivity contribution in [2.45, 2.75) is 0 Å². The Morgan fingerprint density at radius 2 is 1.67 bits per heavy atom. The van der Waals surface area contributed by atoms with Crippen LogP contribution in [0.4, 0.5) is 10.1 Å². The van der Waals surface area contributed by atoms with Crippen LogP contribution in [0.2, 0.25) is 0 Å². The summed E-state index contributed by atoms with van der Waals surface area (Å²) in [6.45, 7) is 0. The lowest BCUT2D eigenvalue weighted by Crippen LogP contribution is -1.86. The van der Waals surface area contributed by atoms with E-state index in [-0.39, 0.29) is 11.5 Å². The highest BCUT2D eigenvalue weighted by Gasteiger charge is 2.02. The number of hydrogen-bond acceptors (Lipinski definition) is 2. The Morgan fingerprint density at radius 3 is 2.28 bits per heavy atom. The van der Waals surface area contributed by atoms with Crippen LogP contribution >= 0.6 is 0 Å². The maximum atomic E-state index is 13.3. The Kier molecular flexibility index (Phi) is 3.48. The summed E-state index contributed by atoms with van der Waals surface area (Å²) in [7, 11) is 0. The van der Waals surface area contributed by atoms with Gasteiger partial charge in [-0.2, -0.15) is 0 Å². The van der Waals surface area contributed by atoms with Crippen molar-refractivity contribution >= 4 is 17.8 Å². The van der Waals surface area contributed by atoms with Gasteiger partial charge in [-0.3, -0.25) is 10.1 Å². The van der Waals surface area contributed by atoms with Crippen LogP contribution in [-0.2, 0) is 0 Å². The van der Waals surface area contributed by atoms with Crippen LogP contribution in [0.3, 0.4) is 0 Å². The summed E-state index contributed by atoms with van der Waals surface area (Å²) >= 11 is 0. The van der Waals surface area contributed by atoms with Gasteiger partial charge in [-0.25, -0.2) is 4.39 Å². The monoisotopic (exact) mass is 243 g/mol. The minimum Gasteiger partial charge on any atom is -0.258 e. The van der Waals surface area contributed by atoms with Crippen molar-refractivity contribution in [2.75, 3.05) is 0 Å². The fourth-order valence-electron chi connectivity index (χ4n) is 1.50. The normalized spacial score (nSPS) is 10.7. The zero-order valence-electron chi connectivity index (χ0n) is 9.42. The summed E-state index contributed by atoms with van der Waals surface area (Å²) in [6.07, 6.45) is 3.35. The molecular weight excluding hydrogens is 233 g/mol. The van der Waals surface area contributed by atoms with E-state index in [9.17, 15) is 14.5 Å². The first-order chi connectivity index (χ1) is 8.66. The summed E-state index contributed by atoms with van der Waals surface area (Å²) in [6, 6.07) is 12.5. The van der Waals surface area contributed by atoms with Crippen molar-refractivity contribution in [2.24, 2.45) is 0 Å². The Bertz CT molecular complexity index is 591. The molecule has 0 N–H and O–H groups in total. The van der Waals surface area contributed by atoms with Crippen LogP contribution in [0.15, 0.2) is 48.5 Å². The van der Waals surface area contributed by atoms with Gasteiger partial charge < -0.3 is 0 Å². The minimum absolute atomic E-state index is 0.0399. The van der Waals surface area contributed by atoms with E-state index < -0.39 is 4.92 Å². The molecule has 0 heterocycles. The Labute approximate surface area is 103 Å². The number of nitro groups is 1. The first-order valence-electron chi connectivity index (χ1n) is 5.34. The van der Waals surface area contributed by atoms with E-state index in [4.69, 9.17) is 0 Å². The van der Waals surface area contributed by atoms with Crippen LogP contribution in [0.1, 0.15) is 11.1 Å². The smallest absolute Gasteiger partial charge is 0.258 e. The molecule has 0 spiro atoms. The Hall–Kier alpha value is -2.49. The molecule has 0 amide bonds. The molecule has 2 aromatic carbocycles. The molecular formula is C14H10FNO2. The number of non-ortho nitro benzene ring substituents is 1. The number of rotatable bonds is 3. The zero-order valence-corrected chi connectivity index (χ0v) is 9.42. The molecule has 0 saturated heterocycles. The molecule has 0 aromatic heterocycles. The van der Waals surface area contributed by atoms with Gasteiger partial charge in [0.25, 0.3) is 5.69 Å². The molecule has 0 unspecified atom stereocenters. The van der Waals surface area contributed by atoms with Crippen molar-refractivity contribution in [1.29, 1.82) is 0 Å². The predicted octanol–water partition coefficient (Wildman–Crippen LogP) is 3.90. The average molecular weight is 243 g/mol. The van der Waals surface area contributed by atoms with Crippen molar-refractivity contribution in [3.8, 4) is 0 Å². The second kappa shape index (κ2) is 5.23. The van der Waals surface area contributed by atoms with E-state index in [0.29, 0.717) is 5.56 Å². The number of nitro benzene ring substituents is 1. The number of nitrogens with zero attached hydrogens (tertiary/aromatic N) is 1. The second-order valence-electron chi connectivity index (χ2n) is 3.70. The molecule has 4 heteroatoms. The van der Waals surface area contributed by atoms with Gasteiger partial charge in [0.2, 0.25) is 0 Å². The van der Waals surface area contributed by atoms with E-state index in [1.807, 2.05) is 0 Å². The number of halogens is 1. The third-order valence-electron chi connectivity index (χ3n) is 2.46. The molecule has 0 atom stereocenters. The van der Waals surface area contributed by atoms with E-state index in [1.54, 1.807) is 42.5 Å². The van der Waals surface area contributed by atoms with Crippen molar-refractivity contribution in [1.82, 2.24) is 0 Å². The van der Waals surface area contributed by atoms with Crippen LogP contribution in [0.25, 0.3) is 12.2 Å². The third kappa shape index (κ3) is 2.79. The molecule has 0 fully saturated rings. The van der Waals surface area contributed by atoms with Gasteiger partial charge in [0, 0.05) is 17.7 Å². The molecule has 0 aliphatic carbocycles. The topological polar surface area (TPSA) is 43.1 Å². The average Bonchev–Trinajstić information content (AvgIpc) is 2.38. The lowest BCUT2D eigenvalue weighted by Gasteiger charge is -1.96. The number of benzene rings is 2. The maximum Gasteiger partial charge on any atom is 0.269 e. The van der Waals surface area contributed by atoms with Crippen LogP contribution < -0.4 is 0 Å². The van der Waals surface area contributed by atoms with Crippen LogP contribution in [-0.4, -0.2) is 4.92 Å². The van der Waals surface area contributed by atoms with Gasteiger partial charge in [0.1, 0.15) is 5.82 Å². The van der Waals surface area contributed by atoms with E-state index in [1.165, 1.54) is 18.2 Å². The molecule has 0 aliphatic rings. The van der Waals surface area contributed by atoms with E-state index in [0.717, 1.165) is 5.56 Å². The second-order valence-corrected chi connectivity index (χ2v) is 3.70. The molecule has 2 aromatic rings. The van der Waals surface area contributed by atoms with Gasteiger partial charge >= 0.3 is 0 Å². The highest BCUT2D eigenvalue weighted by molar-refractivity contribution is 5.70. The zero-order chi connectivity index (χ0) is 13.0. The van der Waals surface area contributed by atoms with Gasteiger partial charge in [-0.05, 0) is 23.8 Å². The molecule has 2 rings (SSSR count). The molecule has 0 aliphatic heterocycles. The fraction of sp³-hybridized carbons (Fsp3) is 0. The summed E-state index contributed by atoms with van der Waals surface area (Å²) in [4.78, 5) is 10.0. The van der Waals surface area contributed by atoms with Crippen LogP contribution in [0.5, 0.6) is 0 Å². The lowest BCUT2D eigenvalue weighted by atomic mass is 10.1. The lowest BCUT2D eigenvalue weighted by molar-refractivity contribution is -0.384. The van der Waals surface area contributed by atoms with Crippen molar-refractivity contribution < 1.29 is 9.31 Å². The van der Waals surface area contributed by atoms with Gasteiger partial charge in [0.15, 0.2) is 0 Å². The summed E-state index contributed by atoms with van der Waals surface area (Å²) in [5, 5.41) is 10.5. The molecule has 90 valence electrons. The van der Waals surface area contributed by atoms with Crippen LogP contribution in [0, 0.1) is 15.9 Å². The first kappa shape index (κ1) is 12.0. The maximum absolute atomic E-state index is 13.3. The SMILES string of the molecule is O=[N+]([O-])c1ccc(/C=C\c2ccccc2F)cc1. The van der Waals surface area contributed by atoms with Crippen molar-refractivity contribution in [3.05, 3.63) is 75.6 Å². The summed E-state index contributed by atoms with van der Waals surface area (Å²) in [5.74, 6) is -0.296. The molecule has 0 bridgehead atoms. The molecule has 0 radical (unpaired) electrons. The van der Waals surface area contributed by atoms with E-state index in [2.05, 4.69) is 0 Å². The summed E-state index contributed by atoms with van der Waals surface area (Å²) in [5.41, 5.74) is 1.30. The first-order valence-corrected chi connectivity index (χ1v) is 5.34. The molecule has 3 nitrogen and oxygen atoms in total. The fourth-order valence-corrected chi connectivity index (χ4v) is 1.50. The molecule has 18 heavy (non-hydrogen) atoms. The van der Waals surface area contributed by atoms with Gasteiger partial charge in [-0.1, -0.05) is 30.4 Å². The van der Waals surface area contributed by atoms with Gasteiger partial charge in [0.05, 0.1) is 4.92 Å².